The number of halogens is 4. The van der Waals surface area contributed by atoms with Crippen molar-refractivity contribution in [2.75, 3.05) is 0 Å². The zero-order valence-electron chi connectivity index (χ0n) is 9.43. The van der Waals surface area contributed by atoms with Gasteiger partial charge in [0.15, 0.2) is 11.7 Å². The molecule has 0 aliphatic heterocycles. The number of aromatic nitrogens is 1. The fourth-order valence-corrected chi connectivity index (χ4v) is 1.47. The van der Waals surface area contributed by atoms with Crippen LogP contribution in [0, 0.1) is 13.0 Å². The molecule has 2 nitrogen and oxygen atoms in total. The summed E-state index contributed by atoms with van der Waals surface area (Å²) in [6.07, 6.45) is 2.64. The van der Waals surface area contributed by atoms with E-state index in [1.165, 1.54) is 18.3 Å². The Morgan fingerprint density at radius 1 is 1.32 bits per heavy atom. The van der Waals surface area contributed by atoms with Gasteiger partial charge in [-0.1, -0.05) is 11.6 Å². The number of hydrogen-bond acceptors (Lipinski definition) is 2. The Morgan fingerprint density at radius 2 is 1.95 bits per heavy atom. The molecule has 0 aromatic carbocycles. The zero-order valence-corrected chi connectivity index (χ0v) is 11.8. The van der Waals surface area contributed by atoms with Crippen molar-refractivity contribution in [3.63, 3.8) is 0 Å². The summed E-state index contributed by atoms with van der Waals surface area (Å²) in [6, 6.07) is 2.88. The minimum Gasteiger partial charge on any atom is -0.363 e. The molecule has 0 unspecified atom stereocenters. The van der Waals surface area contributed by atoms with Gasteiger partial charge in [-0.25, -0.2) is 17.6 Å². The number of hydrogen-bond donors (Lipinski definition) is 0. The average Bonchev–Trinajstić information content (AvgIpc) is 2.32. The Bertz CT molecular complexity index is 595. The van der Waals surface area contributed by atoms with Crippen molar-refractivity contribution in [1.82, 2.24) is 4.98 Å². The van der Waals surface area contributed by atoms with E-state index in [1.807, 2.05) is 0 Å². The first-order valence-electron chi connectivity index (χ1n) is 4.89. The molecule has 0 spiro atoms. The molecule has 103 valence electrons. The first-order valence-corrected chi connectivity index (χ1v) is 4.89. The standard InChI is InChI=1S/C12H6F4NO.Ir/c1-6-2-3-17-8(4-6)7-5-12(15,16)11(14)9(13)10(7)18;/h2-4H,1H3;/q-1;. The molecule has 0 N–H and O–H groups in total. The van der Waals surface area contributed by atoms with Crippen LogP contribution in [0.4, 0.5) is 17.6 Å². The quantitative estimate of drug-likeness (QED) is 0.489. The van der Waals surface area contributed by atoms with E-state index >= 15 is 0 Å². The number of rotatable bonds is 1. The molecule has 1 aliphatic rings. The molecule has 1 heterocycles. The van der Waals surface area contributed by atoms with E-state index in [0.717, 1.165) is 0 Å². The van der Waals surface area contributed by atoms with Crippen molar-refractivity contribution in [3.8, 4) is 0 Å². The second kappa shape index (κ2) is 5.35. The maximum absolute atomic E-state index is 13.1. The first-order chi connectivity index (χ1) is 8.33. The molecule has 1 radical (unpaired) electrons. The van der Waals surface area contributed by atoms with Crippen LogP contribution >= 0.6 is 0 Å². The molecule has 0 amide bonds. The van der Waals surface area contributed by atoms with Gasteiger partial charge in [0.1, 0.15) is 5.78 Å². The van der Waals surface area contributed by atoms with Gasteiger partial charge in [0.05, 0.1) is 0 Å². The van der Waals surface area contributed by atoms with Crippen molar-refractivity contribution in [2.45, 2.75) is 12.8 Å². The number of carbonyl (C=O) groups is 1. The van der Waals surface area contributed by atoms with Crippen molar-refractivity contribution < 1.29 is 42.5 Å². The summed E-state index contributed by atoms with van der Waals surface area (Å²) < 4.78 is 52.0. The third kappa shape index (κ3) is 2.82. The molecule has 2 rings (SSSR count). The van der Waals surface area contributed by atoms with Crippen molar-refractivity contribution >= 4 is 11.4 Å². The molecular weight excluding hydrogens is 442 g/mol. The minimum atomic E-state index is -4.25. The van der Waals surface area contributed by atoms with Gasteiger partial charge in [-0.2, -0.15) is 0 Å². The minimum absolute atomic E-state index is 0. The molecule has 1 aromatic rings. The van der Waals surface area contributed by atoms with Gasteiger partial charge in [0.2, 0.25) is 0 Å². The molecule has 1 aliphatic carbocycles. The van der Waals surface area contributed by atoms with E-state index in [4.69, 9.17) is 0 Å². The Balaban J connectivity index is 0.00000180. The third-order valence-corrected chi connectivity index (χ3v) is 2.35. The van der Waals surface area contributed by atoms with E-state index in [-0.39, 0.29) is 25.8 Å². The molecule has 0 atom stereocenters. The second-order valence-electron chi connectivity index (χ2n) is 3.75. The molecule has 19 heavy (non-hydrogen) atoms. The molecule has 0 bridgehead atoms. The van der Waals surface area contributed by atoms with E-state index < -0.39 is 28.9 Å². The van der Waals surface area contributed by atoms with Crippen LogP contribution in [0.15, 0.2) is 30.0 Å². The van der Waals surface area contributed by atoms with Crippen LogP contribution < -0.4 is 0 Å². The van der Waals surface area contributed by atoms with Crippen LogP contribution in [0.1, 0.15) is 11.3 Å². The van der Waals surface area contributed by atoms with Crippen LogP contribution in [0.5, 0.6) is 0 Å². The summed E-state index contributed by atoms with van der Waals surface area (Å²) in [5, 5.41) is 0. The Labute approximate surface area is 119 Å². The van der Waals surface area contributed by atoms with Crippen LogP contribution in [0.2, 0.25) is 0 Å². The van der Waals surface area contributed by atoms with Gasteiger partial charge in [0, 0.05) is 26.3 Å². The normalized spacial score (nSPS) is 17.9. The Hall–Kier alpha value is -1.33. The summed E-state index contributed by atoms with van der Waals surface area (Å²) in [6.45, 7) is 1.64. The molecule has 7 heteroatoms. The van der Waals surface area contributed by atoms with Gasteiger partial charge in [0.25, 0.3) is 5.92 Å². The number of alkyl halides is 2. The average molecular weight is 448 g/mol. The topological polar surface area (TPSA) is 30.0 Å². The van der Waals surface area contributed by atoms with Crippen molar-refractivity contribution in [1.29, 1.82) is 0 Å². The molecule has 0 fully saturated rings. The first kappa shape index (κ1) is 15.7. The number of allylic oxidation sites excluding steroid dienone is 4. The maximum Gasteiger partial charge on any atom is 0.275 e. The molecular formula is C12H6F4IrNO-. The third-order valence-electron chi connectivity index (χ3n) is 2.35. The fourth-order valence-electron chi connectivity index (χ4n) is 1.47. The predicted octanol–water partition coefficient (Wildman–Crippen LogP) is 2.94. The number of nitrogens with zero attached hydrogens (tertiary/aromatic N) is 1. The maximum atomic E-state index is 13.1. The summed E-state index contributed by atoms with van der Waals surface area (Å²) in [5.41, 5.74) is -0.286. The summed E-state index contributed by atoms with van der Waals surface area (Å²) in [5.74, 6) is -10.2. The van der Waals surface area contributed by atoms with Gasteiger partial charge >= 0.3 is 0 Å². The van der Waals surface area contributed by atoms with Crippen LogP contribution in [-0.4, -0.2) is 16.7 Å². The monoisotopic (exact) mass is 449 g/mol. The van der Waals surface area contributed by atoms with E-state index in [0.29, 0.717) is 5.56 Å². The van der Waals surface area contributed by atoms with Crippen LogP contribution in [0.25, 0.3) is 5.57 Å². The molecule has 0 saturated heterocycles. The zero-order chi connectivity index (χ0) is 13.5. The number of pyridine rings is 1. The van der Waals surface area contributed by atoms with Gasteiger partial charge in [-0.3, -0.25) is 0 Å². The van der Waals surface area contributed by atoms with E-state index in [9.17, 15) is 22.4 Å². The van der Waals surface area contributed by atoms with E-state index in [2.05, 4.69) is 4.98 Å². The Kier molecular flexibility index (Phi) is 4.42. The summed E-state index contributed by atoms with van der Waals surface area (Å²) in [7, 11) is 0. The second-order valence-corrected chi connectivity index (χ2v) is 3.75. The number of aryl methyl sites for hydroxylation is 1. The number of ketones is 1. The summed E-state index contributed by atoms with van der Waals surface area (Å²) in [4.78, 5) is 15.1. The van der Waals surface area contributed by atoms with Gasteiger partial charge < -0.3 is 9.78 Å². The Morgan fingerprint density at radius 3 is 2.53 bits per heavy atom. The van der Waals surface area contributed by atoms with Gasteiger partial charge in [-0.15, -0.1) is 11.6 Å². The smallest absolute Gasteiger partial charge is 0.275 e. The number of Topliss-reactive ketones (excluding diaryl/α,β-unsaturated/α-hetero) is 1. The molecule has 0 saturated carbocycles. The van der Waals surface area contributed by atoms with Crippen LogP contribution in [-0.2, 0) is 24.9 Å². The van der Waals surface area contributed by atoms with E-state index in [1.54, 1.807) is 13.0 Å². The fraction of sp³-hybridized carbons (Fsp3) is 0.167. The van der Waals surface area contributed by atoms with Crippen molar-refractivity contribution in [3.05, 3.63) is 47.3 Å². The predicted molar refractivity (Wildman–Crippen MR) is 54.8 cm³/mol. The van der Waals surface area contributed by atoms with Crippen LogP contribution in [0.3, 0.4) is 0 Å². The molecule has 1 aromatic heterocycles. The van der Waals surface area contributed by atoms with Crippen molar-refractivity contribution in [2.24, 2.45) is 0 Å². The summed E-state index contributed by atoms with van der Waals surface area (Å²) >= 11 is 0. The largest absolute Gasteiger partial charge is 0.363 e. The number of carbonyl (C=O) groups excluding carboxylic acids is 1. The SMILES string of the molecule is Cc1ccnc(C2=[C-]C(F)(F)C(F)=C(F)C2=O)c1.[Ir]. The van der Waals surface area contributed by atoms with Gasteiger partial charge in [-0.05, 0) is 18.7 Å².